The summed E-state index contributed by atoms with van der Waals surface area (Å²) in [5.41, 5.74) is 3.65. The highest BCUT2D eigenvalue weighted by molar-refractivity contribution is 7.15. The smallest absolute Gasteiger partial charge is 0.325 e. The van der Waals surface area contributed by atoms with Gasteiger partial charge in [0.1, 0.15) is 22.5 Å². The maximum atomic E-state index is 12.4. The Balaban J connectivity index is 1.46. The second-order valence-electron chi connectivity index (χ2n) is 7.71. The number of fused-ring (bicyclic) bond motifs is 2. The normalized spacial score (nSPS) is 14.8. The van der Waals surface area contributed by atoms with Gasteiger partial charge < -0.3 is 19.6 Å². The molecule has 164 valence electrons. The molecule has 0 amide bonds. The Morgan fingerprint density at radius 1 is 1.19 bits per heavy atom. The molecule has 4 aromatic rings. The Morgan fingerprint density at radius 2 is 2.00 bits per heavy atom. The monoisotopic (exact) mass is 449 g/mol. The SMILES string of the molecule is COc1ccc(-c2nc3c(s2)CN(C(C(=O)O)c2c[nH]c4c(OC)cccc24)CC3)cc1. The van der Waals surface area contributed by atoms with E-state index in [-0.39, 0.29) is 0 Å². The van der Waals surface area contributed by atoms with Crippen molar-refractivity contribution in [2.75, 3.05) is 20.8 Å². The van der Waals surface area contributed by atoms with Gasteiger partial charge in [-0.15, -0.1) is 11.3 Å². The summed E-state index contributed by atoms with van der Waals surface area (Å²) in [5, 5.41) is 12.0. The van der Waals surface area contributed by atoms with E-state index in [2.05, 4.69) is 4.98 Å². The fourth-order valence-electron chi connectivity index (χ4n) is 4.32. The molecule has 0 saturated heterocycles. The number of nitrogens with one attached hydrogen (secondary N) is 1. The average molecular weight is 450 g/mol. The Labute approximate surface area is 189 Å². The van der Waals surface area contributed by atoms with Gasteiger partial charge in [-0.2, -0.15) is 0 Å². The summed E-state index contributed by atoms with van der Waals surface area (Å²) in [5.74, 6) is 0.642. The van der Waals surface area contributed by atoms with Gasteiger partial charge in [0.25, 0.3) is 0 Å². The third-order valence-corrected chi connectivity index (χ3v) is 7.05. The molecular formula is C24H23N3O4S. The quantitative estimate of drug-likeness (QED) is 0.451. The maximum Gasteiger partial charge on any atom is 0.325 e. The van der Waals surface area contributed by atoms with E-state index < -0.39 is 12.0 Å². The molecule has 0 aliphatic carbocycles. The zero-order valence-electron chi connectivity index (χ0n) is 17.8. The molecule has 1 aliphatic heterocycles. The lowest BCUT2D eigenvalue weighted by molar-refractivity contribution is -0.144. The first kappa shape index (κ1) is 20.5. The van der Waals surface area contributed by atoms with Crippen molar-refractivity contribution in [1.82, 2.24) is 14.9 Å². The van der Waals surface area contributed by atoms with Gasteiger partial charge in [-0.1, -0.05) is 12.1 Å². The van der Waals surface area contributed by atoms with Gasteiger partial charge in [-0.3, -0.25) is 9.69 Å². The molecular weight excluding hydrogens is 426 g/mol. The lowest BCUT2D eigenvalue weighted by Gasteiger charge is -2.31. The molecule has 1 atom stereocenters. The number of carboxylic acids is 1. The standard InChI is InChI=1S/C24H23N3O4S/c1-30-15-8-6-14(7-9-15)23-26-18-10-11-27(13-20(18)32-23)22(24(28)29)17-12-25-21-16(17)4-3-5-19(21)31-2/h3-9,12,22,25H,10-11,13H2,1-2H3,(H,28,29). The van der Waals surface area contributed by atoms with Gasteiger partial charge in [-0.25, -0.2) is 4.98 Å². The summed E-state index contributed by atoms with van der Waals surface area (Å²) in [6, 6.07) is 12.8. The van der Waals surface area contributed by atoms with E-state index >= 15 is 0 Å². The van der Waals surface area contributed by atoms with Crippen molar-refractivity contribution in [2.24, 2.45) is 0 Å². The molecule has 1 aliphatic rings. The summed E-state index contributed by atoms with van der Waals surface area (Å²) >= 11 is 1.63. The van der Waals surface area contributed by atoms with Crippen LogP contribution >= 0.6 is 11.3 Å². The first-order valence-electron chi connectivity index (χ1n) is 10.3. The van der Waals surface area contributed by atoms with E-state index in [0.29, 0.717) is 18.8 Å². The zero-order chi connectivity index (χ0) is 22.2. The van der Waals surface area contributed by atoms with Crippen LogP contribution in [0.3, 0.4) is 0 Å². The van der Waals surface area contributed by atoms with Crippen molar-refractivity contribution < 1.29 is 19.4 Å². The van der Waals surface area contributed by atoms with Crippen molar-refractivity contribution in [1.29, 1.82) is 0 Å². The highest BCUT2D eigenvalue weighted by Crippen LogP contribution is 2.38. The number of hydrogen-bond donors (Lipinski definition) is 2. The topological polar surface area (TPSA) is 87.7 Å². The third kappa shape index (κ3) is 3.51. The Hall–Kier alpha value is -3.36. The Bertz CT molecular complexity index is 1280. The van der Waals surface area contributed by atoms with Crippen LogP contribution in [0, 0.1) is 0 Å². The Kier molecular flexibility index (Phi) is 5.32. The minimum absolute atomic E-state index is 0.552. The van der Waals surface area contributed by atoms with Gasteiger partial charge >= 0.3 is 5.97 Å². The molecule has 3 heterocycles. The molecule has 7 nitrogen and oxygen atoms in total. The molecule has 0 bridgehead atoms. The summed E-state index contributed by atoms with van der Waals surface area (Å²) in [6.07, 6.45) is 2.51. The number of ether oxygens (including phenoxy) is 2. The molecule has 2 N–H and O–H groups in total. The number of aliphatic carboxylic acids is 1. The lowest BCUT2D eigenvalue weighted by atomic mass is 10.0. The summed E-state index contributed by atoms with van der Waals surface area (Å²) in [6.45, 7) is 1.18. The molecule has 2 aromatic heterocycles. The molecule has 0 fully saturated rings. The van der Waals surface area contributed by atoms with Crippen LogP contribution in [0.5, 0.6) is 11.5 Å². The second-order valence-corrected chi connectivity index (χ2v) is 8.79. The van der Waals surface area contributed by atoms with Gasteiger partial charge in [0.2, 0.25) is 0 Å². The van der Waals surface area contributed by atoms with Crippen LogP contribution in [0.2, 0.25) is 0 Å². The van der Waals surface area contributed by atoms with Crippen molar-refractivity contribution >= 4 is 28.2 Å². The third-order valence-electron chi connectivity index (χ3n) is 5.92. The first-order valence-corrected chi connectivity index (χ1v) is 11.1. The number of para-hydroxylation sites is 1. The predicted octanol–water partition coefficient (Wildman–Crippen LogP) is 4.49. The van der Waals surface area contributed by atoms with Crippen LogP contribution in [0.4, 0.5) is 0 Å². The van der Waals surface area contributed by atoms with Crippen molar-refractivity contribution in [3.63, 3.8) is 0 Å². The lowest BCUT2D eigenvalue weighted by Crippen LogP contribution is -2.37. The van der Waals surface area contributed by atoms with Crippen LogP contribution in [0.25, 0.3) is 21.5 Å². The summed E-state index contributed by atoms with van der Waals surface area (Å²) in [7, 11) is 3.26. The molecule has 0 radical (unpaired) electrons. The number of aromatic nitrogens is 2. The molecule has 32 heavy (non-hydrogen) atoms. The molecule has 0 spiro atoms. The fourth-order valence-corrected chi connectivity index (χ4v) is 5.46. The van der Waals surface area contributed by atoms with Crippen LogP contribution in [0.1, 0.15) is 22.2 Å². The average Bonchev–Trinajstić information content (AvgIpc) is 3.43. The van der Waals surface area contributed by atoms with E-state index in [1.807, 2.05) is 47.4 Å². The summed E-state index contributed by atoms with van der Waals surface area (Å²) < 4.78 is 10.7. The summed E-state index contributed by atoms with van der Waals surface area (Å²) in [4.78, 5) is 23.5. The minimum Gasteiger partial charge on any atom is -0.497 e. The number of thiazole rings is 1. The maximum absolute atomic E-state index is 12.4. The molecule has 1 unspecified atom stereocenters. The highest BCUT2D eigenvalue weighted by Gasteiger charge is 2.33. The number of nitrogens with zero attached hydrogens (tertiary/aromatic N) is 2. The van der Waals surface area contributed by atoms with E-state index in [1.54, 1.807) is 31.8 Å². The van der Waals surface area contributed by atoms with Crippen LogP contribution < -0.4 is 9.47 Å². The van der Waals surface area contributed by atoms with E-state index in [1.165, 1.54) is 0 Å². The molecule has 5 rings (SSSR count). The van der Waals surface area contributed by atoms with E-state index in [4.69, 9.17) is 14.5 Å². The van der Waals surface area contributed by atoms with Crippen LogP contribution in [-0.4, -0.2) is 46.7 Å². The number of carboxylic acid groups (broad SMARTS) is 1. The van der Waals surface area contributed by atoms with E-state index in [0.717, 1.165) is 49.8 Å². The number of hydrogen-bond acceptors (Lipinski definition) is 6. The number of H-pyrrole nitrogens is 1. The largest absolute Gasteiger partial charge is 0.497 e. The van der Waals surface area contributed by atoms with Crippen molar-refractivity contribution in [3.05, 3.63) is 64.8 Å². The van der Waals surface area contributed by atoms with Crippen LogP contribution in [-0.2, 0) is 17.8 Å². The van der Waals surface area contributed by atoms with E-state index in [9.17, 15) is 9.90 Å². The highest BCUT2D eigenvalue weighted by atomic mass is 32.1. The molecule has 8 heteroatoms. The van der Waals surface area contributed by atoms with Gasteiger partial charge in [0.05, 0.1) is 25.4 Å². The number of benzene rings is 2. The first-order chi connectivity index (χ1) is 15.6. The predicted molar refractivity (Wildman–Crippen MR) is 123 cm³/mol. The minimum atomic E-state index is -0.864. The number of rotatable bonds is 6. The van der Waals surface area contributed by atoms with Crippen LogP contribution in [0.15, 0.2) is 48.7 Å². The zero-order valence-corrected chi connectivity index (χ0v) is 18.6. The fraction of sp³-hybridized carbons (Fsp3) is 0.250. The molecule has 0 saturated carbocycles. The van der Waals surface area contributed by atoms with Gasteiger partial charge in [0.15, 0.2) is 0 Å². The number of methoxy groups -OCH3 is 2. The second kappa shape index (κ2) is 8.29. The van der Waals surface area contributed by atoms with Gasteiger partial charge in [-0.05, 0) is 30.3 Å². The number of aromatic amines is 1. The Morgan fingerprint density at radius 3 is 2.72 bits per heavy atom. The van der Waals surface area contributed by atoms with Crippen molar-refractivity contribution in [3.8, 4) is 22.1 Å². The van der Waals surface area contributed by atoms with Crippen molar-refractivity contribution in [2.45, 2.75) is 19.0 Å². The number of carbonyl (C=O) groups is 1. The molecule has 2 aromatic carbocycles. The van der Waals surface area contributed by atoms with Gasteiger partial charge in [0, 0.05) is 47.1 Å².